The Bertz CT molecular complexity index is 492. The molecule has 1 aliphatic rings. The molecule has 19 heavy (non-hydrogen) atoms. The molecule has 0 aromatic carbocycles. The van der Waals surface area contributed by atoms with E-state index in [-0.39, 0.29) is 24.3 Å². The average Bonchev–Trinajstić information content (AvgIpc) is 2.85. The van der Waals surface area contributed by atoms with E-state index in [2.05, 4.69) is 4.98 Å². The van der Waals surface area contributed by atoms with E-state index < -0.39 is 17.0 Å². The highest BCUT2D eigenvalue weighted by molar-refractivity contribution is 5.72. The van der Waals surface area contributed by atoms with Crippen molar-refractivity contribution < 1.29 is 24.3 Å². The van der Waals surface area contributed by atoms with Gasteiger partial charge in [0.05, 0.1) is 6.10 Å². The summed E-state index contributed by atoms with van der Waals surface area (Å²) >= 11 is 0. The Morgan fingerprint density at radius 2 is 2.42 bits per heavy atom. The molecule has 1 aliphatic heterocycles. The summed E-state index contributed by atoms with van der Waals surface area (Å²) < 4.78 is 10.5. The number of nitrogens with zero attached hydrogens (tertiary/aromatic N) is 2. The lowest BCUT2D eigenvalue weighted by atomic mass is 10.2. The minimum atomic E-state index is -1.00. The number of rotatable bonds is 5. The van der Waals surface area contributed by atoms with Crippen LogP contribution in [0.15, 0.2) is 18.3 Å². The molecule has 0 radical (unpaired) electrons. The molecule has 1 saturated heterocycles. The standard InChI is InChI=1S/C11H12N2O6/c14-11(15)9-4-3-7(19-9)6-18-8-2-1-5-12-10(8)13(16)17/h1-2,5,7,9H,3-4,6H2,(H,14,15). The maximum absolute atomic E-state index is 10.7. The van der Waals surface area contributed by atoms with Gasteiger partial charge < -0.3 is 24.7 Å². The van der Waals surface area contributed by atoms with E-state index in [1.807, 2.05) is 0 Å². The Kier molecular flexibility index (Phi) is 3.91. The van der Waals surface area contributed by atoms with Crippen LogP contribution in [0.2, 0.25) is 0 Å². The molecule has 1 fully saturated rings. The number of aromatic nitrogens is 1. The number of carboxylic acids is 1. The lowest BCUT2D eigenvalue weighted by Crippen LogP contribution is -2.23. The summed E-state index contributed by atoms with van der Waals surface area (Å²) in [6.07, 6.45) is 1.07. The quantitative estimate of drug-likeness (QED) is 0.626. The van der Waals surface area contributed by atoms with Crippen molar-refractivity contribution in [3.8, 4) is 5.75 Å². The Balaban J connectivity index is 1.93. The van der Waals surface area contributed by atoms with Crippen LogP contribution in [0.25, 0.3) is 0 Å². The van der Waals surface area contributed by atoms with Gasteiger partial charge >= 0.3 is 11.8 Å². The topological polar surface area (TPSA) is 112 Å². The van der Waals surface area contributed by atoms with E-state index in [9.17, 15) is 14.9 Å². The summed E-state index contributed by atoms with van der Waals surface area (Å²) in [5, 5.41) is 19.5. The van der Waals surface area contributed by atoms with Crippen molar-refractivity contribution >= 4 is 11.8 Å². The highest BCUT2D eigenvalue weighted by Crippen LogP contribution is 2.25. The number of ether oxygens (including phenoxy) is 2. The van der Waals surface area contributed by atoms with E-state index in [4.69, 9.17) is 14.6 Å². The molecule has 0 saturated carbocycles. The second-order valence-electron chi connectivity index (χ2n) is 4.06. The van der Waals surface area contributed by atoms with Crippen LogP contribution in [0.5, 0.6) is 5.75 Å². The molecule has 1 aromatic heterocycles. The molecule has 1 N–H and O–H groups in total. The van der Waals surface area contributed by atoms with Gasteiger partial charge in [-0.05, 0) is 34.9 Å². The smallest absolute Gasteiger partial charge is 0.406 e. The van der Waals surface area contributed by atoms with Crippen LogP contribution in [-0.2, 0) is 9.53 Å². The zero-order valence-corrected chi connectivity index (χ0v) is 9.89. The minimum Gasteiger partial charge on any atom is -0.483 e. The third-order valence-corrected chi connectivity index (χ3v) is 2.73. The summed E-state index contributed by atoms with van der Waals surface area (Å²) in [5.41, 5.74) is 0. The number of carbonyl (C=O) groups is 1. The number of hydrogen-bond donors (Lipinski definition) is 1. The van der Waals surface area contributed by atoms with Crippen LogP contribution < -0.4 is 4.74 Å². The first-order valence-electron chi connectivity index (χ1n) is 5.68. The van der Waals surface area contributed by atoms with Gasteiger partial charge in [0.2, 0.25) is 5.75 Å². The van der Waals surface area contributed by atoms with Crippen molar-refractivity contribution in [2.24, 2.45) is 0 Å². The summed E-state index contributed by atoms with van der Waals surface area (Å²) in [6, 6.07) is 2.96. The van der Waals surface area contributed by atoms with Crippen molar-refractivity contribution in [1.82, 2.24) is 4.98 Å². The fourth-order valence-electron chi connectivity index (χ4n) is 1.82. The van der Waals surface area contributed by atoms with Crippen molar-refractivity contribution in [2.75, 3.05) is 6.61 Å². The number of carboxylic acid groups (broad SMARTS) is 1. The minimum absolute atomic E-state index is 0.0508. The lowest BCUT2D eigenvalue weighted by molar-refractivity contribution is -0.390. The molecule has 1 aromatic rings. The maximum Gasteiger partial charge on any atom is 0.406 e. The van der Waals surface area contributed by atoms with Crippen molar-refractivity contribution in [3.05, 3.63) is 28.4 Å². The normalized spacial score (nSPS) is 22.1. The van der Waals surface area contributed by atoms with Gasteiger partial charge in [-0.25, -0.2) is 4.79 Å². The molecule has 2 atom stereocenters. The first-order chi connectivity index (χ1) is 9.08. The van der Waals surface area contributed by atoms with Gasteiger partial charge in [0.25, 0.3) is 0 Å². The van der Waals surface area contributed by atoms with Crippen molar-refractivity contribution in [2.45, 2.75) is 25.0 Å². The van der Waals surface area contributed by atoms with Gasteiger partial charge in [-0.3, -0.25) is 0 Å². The molecule has 2 unspecified atom stereocenters. The zero-order valence-electron chi connectivity index (χ0n) is 9.89. The van der Waals surface area contributed by atoms with Crippen LogP contribution in [-0.4, -0.2) is 39.8 Å². The monoisotopic (exact) mass is 268 g/mol. The fraction of sp³-hybridized carbons (Fsp3) is 0.455. The van der Waals surface area contributed by atoms with Crippen LogP contribution in [0.4, 0.5) is 5.82 Å². The molecule has 0 spiro atoms. The third kappa shape index (κ3) is 3.16. The van der Waals surface area contributed by atoms with Crippen molar-refractivity contribution in [1.29, 1.82) is 0 Å². The summed E-state index contributed by atoms with van der Waals surface area (Å²) in [7, 11) is 0. The van der Waals surface area contributed by atoms with Crippen LogP contribution in [0, 0.1) is 10.1 Å². The van der Waals surface area contributed by atoms with Gasteiger partial charge in [-0.2, -0.15) is 0 Å². The highest BCUT2D eigenvalue weighted by atomic mass is 16.6. The van der Waals surface area contributed by atoms with E-state index >= 15 is 0 Å². The molecule has 2 heterocycles. The van der Waals surface area contributed by atoms with E-state index in [0.717, 1.165) is 0 Å². The predicted octanol–water partition coefficient (Wildman–Crippen LogP) is 1.00. The third-order valence-electron chi connectivity index (χ3n) is 2.73. The Hall–Kier alpha value is -2.22. The molecule has 0 bridgehead atoms. The molecular formula is C11H12N2O6. The predicted molar refractivity (Wildman–Crippen MR) is 61.9 cm³/mol. The molecule has 0 amide bonds. The van der Waals surface area contributed by atoms with E-state index in [1.165, 1.54) is 18.3 Å². The number of aliphatic carboxylic acids is 1. The molecular weight excluding hydrogens is 256 g/mol. The SMILES string of the molecule is O=C(O)C1CCC(COc2cccnc2[N+](=O)[O-])O1. The number of nitro groups is 1. The second kappa shape index (κ2) is 5.61. The zero-order chi connectivity index (χ0) is 13.8. The average molecular weight is 268 g/mol. The molecule has 8 nitrogen and oxygen atoms in total. The largest absolute Gasteiger partial charge is 0.483 e. The molecule has 2 rings (SSSR count). The maximum atomic E-state index is 10.7. The number of hydrogen-bond acceptors (Lipinski definition) is 6. The molecule has 0 aliphatic carbocycles. The summed E-state index contributed by atoms with van der Waals surface area (Å²) in [6.45, 7) is 0.0658. The Morgan fingerprint density at radius 1 is 1.63 bits per heavy atom. The van der Waals surface area contributed by atoms with Gasteiger partial charge in [-0.15, -0.1) is 0 Å². The van der Waals surface area contributed by atoms with Crippen LogP contribution in [0.1, 0.15) is 12.8 Å². The summed E-state index contributed by atoms with van der Waals surface area (Å²) in [4.78, 5) is 24.4. The van der Waals surface area contributed by atoms with Gasteiger partial charge in [-0.1, -0.05) is 0 Å². The number of pyridine rings is 1. The Labute approximate surface area is 108 Å². The second-order valence-corrected chi connectivity index (χ2v) is 4.06. The first kappa shape index (κ1) is 13.2. The van der Waals surface area contributed by atoms with Crippen LogP contribution >= 0.6 is 0 Å². The summed E-state index contributed by atoms with van der Waals surface area (Å²) in [5.74, 6) is -1.32. The van der Waals surface area contributed by atoms with Crippen LogP contribution in [0.3, 0.4) is 0 Å². The van der Waals surface area contributed by atoms with Crippen molar-refractivity contribution in [3.63, 3.8) is 0 Å². The fourth-order valence-corrected chi connectivity index (χ4v) is 1.82. The van der Waals surface area contributed by atoms with Gasteiger partial charge in [0.15, 0.2) is 6.10 Å². The van der Waals surface area contributed by atoms with E-state index in [0.29, 0.717) is 12.8 Å². The Morgan fingerprint density at radius 3 is 3.05 bits per heavy atom. The van der Waals surface area contributed by atoms with Gasteiger partial charge in [0, 0.05) is 0 Å². The van der Waals surface area contributed by atoms with E-state index in [1.54, 1.807) is 0 Å². The first-order valence-corrected chi connectivity index (χ1v) is 5.68. The van der Waals surface area contributed by atoms with Gasteiger partial charge in [0.1, 0.15) is 12.8 Å². The lowest BCUT2D eigenvalue weighted by Gasteiger charge is -2.12. The highest BCUT2D eigenvalue weighted by Gasteiger charge is 2.31. The molecule has 102 valence electrons. The molecule has 8 heteroatoms.